The highest BCUT2D eigenvalue weighted by Crippen LogP contribution is 2.34. The summed E-state index contributed by atoms with van der Waals surface area (Å²) in [5.74, 6) is 0.739. The maximum Gasteiger partial charge on any atom is 0.348 e. The minimum Gasteiger partial charge on any atom is -0.469 e. The van der Waals surface area contributed by atoms with E-state index in [1.54, 1.807) is 6.92 Å². The Kier molecular flexibility index (Phi) is 7.38. The van der Waals surface area contributed by atoms with Gasteiger partial charge < -0.3 is 14.8 Å². The number of ether oxygens (including phenoxy) is 2. The number of carbonyl (C=O) groups excluding carboxylic acids is 2. The van der Waals surface area contributed by atoms with Crippen LogP contribution in [0.1, 0.15) is 53.7 Å². The third kappa shape index (κ3) is 5.22. The van der Waals surface area contributed by atoms with Gasteiger partial charge in [0.05, 0.1) is 32.1 Å². The summed E-state index contributed by atoms with van der Waals surface area (Å²) in [5.41, 5.74) is 0.800. The first-order valence-corrected chi connectivity index (χ1v) is 10.8. The molecule has 9 heteroatoms. The minimum atomic E-state index is -0.342. The number of thiophene rings is 1. The van der Waals surface area contributed by atoms with Crippen molar-refractivity contribution >= 4 is 39.3 Å². The van der Waals surface area contributed by atoms with Crippen LogP contribution in [0.2, 0.25) is 0 Å². The number of hydrogen-bond donors (Lipinski definition) is 1. The average molecular weight is 421 g/mol. The number of esters is 2. The van der Waals surface area contributed by atoms with Crippen LogP contribution in [-0.4, -0.2) is 60.2 Å². The predicted octanol–water partition coefficient (Wildman–Crippen LogP) is 3.14. The predicted molar refractivity (Wildman–Crippen MR) is 112 cm³/mol. The molecule has 0 aromatic carbocycles. The van der Waals surface area contributed by atoms with Crippen molar-refractivity contribution in [1.82, 2.24) is 14.9 Å². The van der Waals surface area contributed by atoms with Crippen LogP contribution in [-0.2, 0) is 20.8 Å². The van der Waals surface area contributed by atoms with Gasteiger partial charge in [0, 0.05) is 6.54 Å². The molecule has 1 aliphatic rings. The lowest BCUT2D eigenvalue weighted by Gasteiger charge is -2.25. The van der Waals surface area contributed by atoms with E-state index >= 15 is 0 Å². The summed E-state index contributed by atoms with van der Waals surface area (Å²) in [6.07, 6.45) is 3.89. The van der Waals surface area contributed by atoms with Gasteiger partial charge in [-0.3, -0.25) is 9.69 Å². The molecule has 1 saturated heterocycles. The highest BCUT2D eigenvalue weighted by Gasteiger charge is 2.22. The van der Waals surface area contributed by atoms with Gasteiger partial charge in [-0.2, -0.15) is 0 Å². The SMILES string of the molecule is CCOC(=O)c1sc2nc(CN3CCCCC3)nc(NCCC(=O)OC)c2c1C. The van der Waals surface area contributed by atoms with Crippen molar-refractivity contribution < 1.29 is 19.1 Å². The Morgan fingerprint density at radius 1 is 1.21 bits per heavy atom. The van der Waals surface area contributed by atoms with Gasteiger partial charge in [-0.05, 0) is 45.3 Å². The summed E-state index contributed by atoms with van der Waals surface area (Å²) in [6, 6.07) is 0. The topological polar surface area (TPSA) is 93.6 Å². The fourth-order valence-corrected chi connectivity index (χ4v) is 4.57. The van der Waals surface area contributed by atoms with Crippen molar-refractivity contribution in [3.05, 3.63) is 16.3 Å². The lowest BCUT2D eigenvalue weighted by Crippen LogP contribution is -2.30. The molecule has 0 radical (unpaired) electrons. The number of aryl methyl sites for hydroxylation is 1. The molecule has 0 atom stereocenters. The molecule has 8 nitrogen and oxygen atoms in total. The monoisotopic (exact) mass is 420 g/mol. The number of anilines is 1. The van der Waals surface area contributed by atoms with E-state index in [9.17, 15) is 9.59 Å². The summed E-state index contributed by atoms with van der Waals surface area (Å²) in [4.78, 5) is 36.9. The quantitative estimate of drug-likeness (QED) is 0.651. The van der Waals surface area contributed by atoms with Crippen LogP contribution in [0.15, 0.2) is 0 Å². The first kappa shape index (κ1) is 21.4. The van der Waals surface area contributed by atoms with Gasteiger partial charge in [0.1, 0.15) is 21.3 Å². The number of hydrogen-bond acceptors (Lipinski definition) is 9. The Labute approximate surface area is 174 Å². The number of carbonyl (C=O) groups is 2. The fraction of sp³-hybridized carbons (Fsp3) is 0.600. The molecule has 0 unspecified atom stereocenters. The Hall–Kier alpha value is -2.26. The van der Waals surface area contributed by atoms with Crippen LogP contribution >= 0.6 is 11.3 Å². The van der Waals surface area contributed by atoms with Gasteiger partial charge in [0.15, 0.2) is 0 Å². The van der Waals surface area contributed by atoms with E-state index in [0.717, 1.165) is 34.7 Å². The number of likely N-dealkylation sites (tertiary alicyclic amines) is 1. The first-order valence-electron chi connectivity index (χ1n) is 10.0. The molecule has 3 heterocycles. The highest BCUT2D eigenvalue weighted by molar-refractivity contribution is 7.20. The van der Waals surface area contributed by atoms with Crippen molar-refractivity contribution in [2.45, 2.75) is 46.1 Å². The molecule has 1 fully saturated rings. The second-order valence-electron chi connectivity index (χ2n) is 7.03. The molecule has 0 spiro atoms. The van der Waals surface area contributed by atoms with Gasteiger partial charge >= 0.3 is 11.9 Å². The van der Waals surface area contributed by atoms with Crippen molar-refractivity contribution in [2.75, 3.05) is 38.7 Å². The number of nitrogens with zero attached hydrogens (tertiary/aromatic N) is 3. The molecular weight excluding hydrogens is 392 g/mol. The molecule has 29 heavy (non-hydrogen) atoms. The zero-order chi connectivity index (χ0) is 20.8. The Balaban J connectivity index is 1.93. The molecule has 0 saturated carbocycles. The van der Waals surface area contributed by atoms with Crippen LogP contribution in [0.5, 0.6) is 0 Å². The fourth-order valence-electron chi connectivity index (χ4n) is 3.48. The maximum absolute atomic E-state index is 12.3. The molecule has 158 valence electrons. The molecule has 0 bridgehead atoms. The summed E-state index contributed by atoms with van der Waals surface area (Å²) >= 11 is 1.33. The van der Waals surface area contributed by atoms with Crippen molar-refractivity contribution in [3.63, 3.8) is 0 Å². The van der Waals surface area contributed by atoms with E-state index in [1.807, 2.05) is 6.92 Å². The van der Waals surface area contributed by atoms with Crippen molar-refractivity contribution in [3.8, 4) is 0 Å². The third-order valence-corrected chi connectivity index (χ3v) is 6.13. The van der Waals surface area contributed by atoms with Crippen LogP contribution in [0.25, 0.3) is 10.2 Å². The highest BCUT2D eigenvalue weighted by atomic mass is 32.1. The summed E-state index contributed by atoms with van der Waals surface area (Å²) in [7, 11) is 1.37. The molecule has 2 aromatic rings. The minimum absolute atomic E-state index is 0.234. The number of aromatic nitrogens is 2. The van der Waals surface area contributed by atoms with E-state index in [2.05, 4.69) is 10.2 Å². The first-order chi connectivity index (χ1) is 14.0. The summed E-state index contributed by atoms with van der Waals surface area (Å²) < 4.78 is 9.90. The zero-order valence-electron chi connectivity index (χ0n) is 17.2. The van der Waals surface area contributed by atoms with E-state index in [4.69, 9.17) is 19.4 Å². The lowest BCUT2D eigenvalue weighted by atomic mass is 10.1. The Morgan fingerprint density at radius 2 is 1.97 bits per heavy atom. The van der Waals surface area contributed by atoms with Gasteiger partial charge in [-0.1, -0.05) is 6.42 Å². The van der Waals surface area contributed by atoms with E-state index in [1.165, 1.54) is 37.7 Å². The Morgan fingerprint density at radius 3 is 2.66 bits per heavy atom. The largest absolute Gasteiger partial charge is 0.469 e. The molecular formula is C20H28N4O4S. The number of methoxy groups -OCH3 is 1. The average Bonchev–Trinajstić information content (AvgIpc) is 3.05. The molecule has 1 N–H and O–H groups in total. The maximum atomic E-state index is 12.3. The van der Waals surface area contributed by atoms with E-state index in [0.29, 0.717) is 30.4 Å². The van der Waals surface area contributed by atoms with Gasteiger partial charge in [-0.25, -0.2) is 14.8 Å². The smallest absolute Gasteiger partial charge is 0.348 e. The molecule has 0 amide bonds. The molecule has 2 aromatic heterocycles. The van der Waals surface area contributed by atoms with Gasteiger partial charge in [0.25, 0.3) is 0 Å². The van der Waals surface area contributed by atoms with E-state index in [-0.39, 0.29) is 18.4 Å². The van der Waals surface area contributed by atoms with Gasteiger partial charge in [-0.15, -0.1) is 11.3 Å². The molecule has 1 aliphatic heterocycles. The second kappa shape index (κ2) is 9.98. The van der Waals surface area contributed by atoms with Crippen molar-refractivity contribution in [1.29, 1.82) is 0 Å². The Bertz CT molecular complexity index is 877. The molecule has 0 aliphatic carbocycles. The number of nitrogens with one attached hydrogen (secondary N) is 1. The zero-order valence-corrected chi connectivity index (χ0v) is 18.1. The standard InChI is InChI=1S/C20H28N4O4S/c1-4-28-20(26)17-13(2)16-18(21-9-8-15(25)27-3)22-14(23-19(16)29-17)12-24-10-6-5-7-11-24/h4-12H2,1-3H3,(H,21,22,23). The van der Waals surface area contributed by atoms with Crippen LogP contribution in [0, 0.1) is 6.92 Å². The van der Waals surface area contributed by atoms with Gasteiger partial charge in [0.2, 0.25) is 0 Å². The third-order valence-electron chi connectivity index (χ3n) is 4.96. The van der Waals surface area contributed by atoms with Crippen LogP contribution < -0.4 is 5.32 Å². The number of fused-ring (bicyclic) bond motifs is 1. The van der Waals surface area contributed by atoms with Crippen LogP contribution in [0.3, 0.4) is 0 Å². The number of rotatable bonds is 8. The van der Waals surface area contributed by atoms with E-state index < -0.39 is 0 Å². The molecule has 3 rings (SSSR count). The normalized spacial score (nSPS) is 14.7. The summed E-state index contributed by atoms with van der Waals surface area (Å²) in [5, 5.41) is 4.05. The van der Waals surface area contributed by atoms with Crippen LogP contribution in [0.4, 0.5) is 5.82 Å². The second-order valence-corrected chi connectivity index (χ2v) is 8.03. The lowest BCUT2D eigenvalue weighted by molar-refractivity contribution is -0.140. The number of piperidine rings is 1. The van der Waals surface area contributed by atoms with Crippen molar-refractivity contribution in [2.24, 2.45) is 0 Å². The summed E-state index contributed by atoms with van der Waals surface area (Å²) in [6.45, 7) is 7.15.